The van der Waals surface area contributed by atoms with E-state index in [-0.39, 0.29) is 5.91 Å². The van der Waals surface area contributed by atoms with Gasteiger partial charge in [-0.3, -0.25) is 9.59 Å². The van der Waals surface area contributed by atoms with Crippen LogP contribution in [0.15, 0.2) is 61.1 Å². The van der Waals surface area contributed by atoms with Crippen molar-refractivity contribution in [1.29, 1.82) is 5.26 Å². The second kappa shape index (κ2) is 9.52. The van der Waals surface area contributed by atoms with E-state index in [9.17, 15) is 9.59 Å². The number of nitrogens with one attached hydrogen (secondary N) is 2. The van der Waals surface area contributed by atoms with Crippen LogP contribution in [0, 0.1) is 17.2 Å². The van der Waals surface area contributed by atoms with E-state index in [0.717, 1.165) is 16.8 Å². The van der Waals surface area contributed by atoms with Crippen molar-refractivity contribution in [3.63, 3.8) is 0 Å². The van der Waals surface area contributed by atoms with Gasteiger partial charge in [0.15, 0.2) is 0 Å². The number of aromatic amines is 1. The van der Waals surface area contributed by atoms with Gasteiger partial charge in [-0.15, -0.1) is 0 Å². The number of hydrogen-bond acceptors (Lipinski definition) is 5. The number of amides is 1. The number of methoxy groups -OCH3 is 1. The van der Waals surface area contributed by atoms with Gasteiger partial charge in [0, 0.05) is 11.6 Å². The van der Waals surface area contributed by atoms with E-state index in [1.54, 1.807) is 49.8 Å². The van der Waals surface area contributed by atoms with Crippen molar-refractivity contribution in [3.8, 4) is 17.3 Å². The fourth-order valence-corrected chi connectivity index (χ4v) is 3.24. The van der Waals surface area contributed by atoms with Gasteiger partial charge in [0.25, 0.3) is 5.91 Å². The van der Waals surface area contributed by atoms with Crippen molar-refractivity contribution < 1.29 is 14.3 Å². The second-order valence-corrected chi connectivity index (χ2v) is 6.95. The number of esters is 1. The molecule has 0 bridgehead atoms. The Balaban J connectivity index is 1.71. The fraction of sp³-hybridized carbons (Fsp3) is 0.217. The molecule has 2 atom stereocenters. The standard InChI is InChI=1S/C23H22N4O3/c1-15(20(23(29)30-2)11-16-4-3-5-17(10-16)12-24)27-22(28)19-8-6-18(7-9-19)21-13-25-14-26-21/h3-10,13-15,20H,11H2,1-2H3,(H,25,26)(H,27,28). The molecule has 0 aliphatic rings. The third-order valence-corrected chi connectivity index (χ3v) is 4.93. The Morgan fingerprint density at radius 1 is 1.23 bits per heavy atom. The number of nitrogens with zero attached hydrogens (tertiary/aromatic N) is 2. The third kappa shape index (κ3) is 4.92. The number of nitriles is 1. The van der Waals surface area contributed by atoms with Crippen LogP contribution >= 0.6 is 0 Å². The number of imidazole rings is 1. The molecular weight excluding hydrogens is 380 g/mol. The van der Waals surface area contributed by atoms with Crippen molar-refractivity contribution in [1.82, 2.24) is 15.3 Å². The van der Waals surface area contributed by atoms with Crippen LogP contribution in [0.5, 0.6) is 0 Å². The van der Waals surface area contributed by atoms with Crippen LogP contribution < -0.4 is 5.32 Å². The van der Waals surface area contributed by atoms with Gasteiger partial charge in [-0.2, -0.15) is 5.26 Å². The number of ether oxygens (including phenoxy) is 1. The molecule has 0 aliphatic heterocycles. The van der Waals surface area contributed by atoms with Gasteiger partial charge in [-0.05, 0) is 48.7 Å². The first kappa shape index (κ1) is 20.8. The smallest absolute Gasteiger partial charge is 0.311 e. The first-order valence-electron chi connectivity index (χ1n) is 9.48. The van der Waals surface area contributed by atoms with Gasteiger partial charge in [0.1, 0.15) is 0 Å². The highest BCUT2D eigenvalue weighted by atomic mass is 16.5. The van der Waals surface area contributed by atoms with E-state index in [4.69, 9.17) is 10.00 Å². The Bertz CT molecular complexity index is 1050. The highest BCUT2D eigenvalue weighted by Gasteiger charge is 2.28. The monoisotopic (exact) mass is 402 g/mol. The van der Waals surface area contributed by atoms with Crippen molar-refractivity contribution in [2.24, 2.45) is 5.92 Å². The molecule has 0 saturated heterocycles. The Morgan fingerprint density at radius 2 is 2.00 bits per heavy atom. The number of benzene rings is 2. The maximum atomic E-state index is 12.7. The van der Waals surface area contributed by atoms with Crippen LogP contribution in [0.2, 0.25) is 0 Å². The minimum absolute atomic E-state index is 0.279. The number of carbonyl (C=O) groups excluding carboxylic acids is 2. The van der Waals surface area contributed by atoms with Gasteiger partial charge in [0.2, 0.25) is 0 Å². The molecule has 7 heteroatoms. The van der Waals surface area contributed by atoms with Gasteiger partial charge in [-0.1, -0.05) is 24.3 Å². The van der Waals surface area contributed by atoms with Crippen molar-refractivity contribution >= 4 is 11.9 Å². The van der Waals surface area contributed by atoms with Crippen molar-refractivity contribution in [3.05, 3.63) is 77.7 Å². The SMILES string of the molecule is COC(=O)C(Cc1cccc(C#N)c1)C(C)NC(=O)c1ccc(-c2cnc[nH]2)cc1. The normalized spacial score (nSPS) is 12.4. The summed E-state index contributed by atoms with van der Waals surface area (Å²) in [5.41, 5.74) is 3.61. The lowest BCUT2D eigenvalue weighted by molar-refractivity contribution is -0.146. The molecule has 30 heavy (non-hydrogen) atoms. The molecule has 2 unspecified atom stereocenters. The minimum Gasteiger partial charge on any atom is -0.469 e. The zero-order valence-electron chi connectivity index (χ0n) is 16.8. The number of aromatic nitrogens is 2. The molecule has 152 valence electrons. The summed E-state index contributed by atoms with van der Waals surface area (Å²) in [5.74, 6) is -1.28. The summed E-state index contributed by atoms with van der Waals surface area (Å²) in [4.78, 5) is 32.1. The summed E-state index contributed by atoms with van der Waals surface area (Å²) in [7, 11) is 1.32. The van der Waals surface area contributed by atoms with Gasteiger partial charge >= 0.3 is 5.97 Å². The van der Waals surface area contributed by atoms with Crippen LogP contribution in [0.25, 0.3) is 11.3 Å². The van der Waals surface area contributed by atoms with E-state index in [2.05, 4.69) is 21.4 Å². The van der Waals surface area contributed by atoms with E-state index in [1.165, 1.54) is 7.11 Å². The average Bonchev–Trinajstić information content (AvgIpc) is 3.32. The average molecular weight is 402 g/mol. The number of H-pyrrole nitrogens is 1. The zero-order valence-corrected chi connectivity index (χ0v) is 16.8. The lowest BCUT2D eigenvalue weighted by Crippen LogP contribution is -2.42. The van der Waals surface area contributed by atoms with E-state index in [0.29, 0.717) is 17.5 Å². The second-order valence-electron chi connectivity index (χ2n) is 6.95. The highest BCUT2D eigenvalue weighted by Crippen LogP contribution is 2.18. The first-order chi connectivity index (χ1) is 14.5. The van der Waals surface area contributed by atoms with Crippen molar-refractivity contribution in [2.75, 3.05) is 7.11 Å². The Labute approximate surface area is 174 Å². The minimum atomic E-state index is -0.586. The predicted molar refractivity (Wildman–Crippen MR) is 111 cm³/mol. The molecule has 1 aromatic heterocycles. The molecule has 7 nitrogen and oxygen atoms in total. The Morgan fingerprint density at radius 3 is 2.63 bits per heavy atom. The first-order valence-corrected chi connectivity index (χ1v) is 9.48. The van der Waals surface area contributed by atoms with Gasteiger partial charge in [0.05, 0.1) is 42.9 Å². The molecule has 3 aromatic rings. The summed E-state index contributed by atoms with van der Waals surface area (Å²) in [5, 5.41) is 12.0. The van der Waals surface area contributed by atoms with E-state index >= 15 is 0 Å². The number of carbonyl (C=O) groups is 2. The summed E-state index contributed by atoms with van der Waals surface area (Å²) in [6.07, 6.45) is 3.65. The Hall–Kier alpha value is -3.92. The molecule has 0 radical (unpaired) electrons. The van der Waals surface area contributed by atoms with Crippen LogP contribution in [-0.4, -0.2) is 35.0 Å². The summed E-state index contributed by atoms with van der Waals surface area (Å²) >= 11 is 0. The van der Waals surface area contributed by atoms with E-state index in [1.807, 2.05) is 18.2 Å². The van der Waals surface area contributed by atoms with Crippen LogP contribution in [0.3, 0.4) is 0 Å². The molecule has 0 fully saturated rings. The Kier molecular flexibility index (Phi) is 6.60. The fourth-order valence-electron chi connectivity index (χ4n) is 3.24. The van der Waals surface area contributed by atoms with Crippen molar-refractivity contribution in [2.45, 2.75) is 19.4 Å². The molecule has 2 aromatic carbocycles. The molecular formula is C23H22N4O3. The van der Waals surface area contributed by atoms with Crippen LogP contribution in [0.1, 0.15) is 28.4 Å². The van der Waals surface area contributed by atoms with E-state index < -0.39 is 17.9 Å². The lowest BCUT2D eigenvalue weighted by Gasteiger charge is -2.23. The topological polar surface area (TPSA) is 108 Å². The zero-order chi connectivity index (χ0) is 21.5. The quantitative estimate of drug-likeness (QED) is 0.591. The lowest BCUT2D eigenvalue weighted by atomic mass is 9.92. The van der Waals surface area contributed by atoms with Gasteiger partial charge in [-0.25, -0.2) is 4.98 Å². The molecule has 0 spiro atoms. The molecule has 2 N–H and O–H groups in total. The van der Waals surface area contributed by atoms with Crippen LogP contribution in [-0.2, 0) is 16.0 Å². The number of hydrogen-bond donors (Lipinski definition) is 2. The number of rotatable bonds is 7. The highest BCUT2D eigenvalue weighted by molar-refractivity contribution is 5.95. The molecule has 0 saturated carbocycles. The molecule has 1 amide bonds. The maximum absolute atomic E-state index is 12.7. The molecule has 3 rings (SSSR count). The third-order valence-electron chi connectivity index (χ3n) is 4.93. The van der Waals surface area contributed by atoms with Crippen LogP contribution in [0.4, 0.5) is 0 Å². The largest absolute Gasteiger partial charge is 0.469 e. The van der Waals surface area contributed by atoms with Gasteiger partial charge < -0.3 is 15.0 Å². The molecule has 0 aliphatic carbocycles. The predicted octanol–water partition coefficient (Wildman–Crippen LogP) is 3.10. The maximum Gasteiger partial charge on any atom is 0.311 e. The summed E-state index contributed by atoms with van der Waals surface area (Å²) in [6.45, 7) is 1.77. The molecule has 1 heterocycles. The summed E-state index contributed by atoms with van der Waals surface area (Å²) < 4.78 is 4.94. The summed E-state index contributed by atoms with van der Waals surface area (Å²) in [6, 6.07) is 15.8.